The number of hydrogen-bond donors (Lipinski definition) is 2. The summed E-state index contributed by atoms with van der Waals surface area (Å²) >= 11 is 0. The summed E-state index contributed by atoms with van der Waals surface area (Å²) in [6.07, 6.45) is 5.08. The number of benzene rings is 2. The molecule has 0 spiro atoms. The number of rotatable bonds is 8. The number of nitrogens with one attached hydrogen (secondary N) is 1. The molecule has 3 aliphatic heterocycles. The lowest BCUT2D eigenvalue weighted by atomic mass is 9.94. The van der Waals surface area contributed by atoms with E-state index in [1.807, 2.05) is 4.90 Å². The first-order valence-corrected chi connectivity index (χ1v) is 17.9. The van der Waals surface area contributed by atoms with Crippen molar-refractivity contribution in [3.8, 4) is 35.4 Å². The number of likely N-dealkylation sites (tertiary alicyclic amines) is 1. The maximum Gasteiger partial charge on any atom is 0.522 e. The molecule has 0 radical (unpaired) electrons. The van der Waals surface area contributed by atoms with Crippen molar-refractivity contribution in [3.05, 3.63) is 47.2 Å². The van der Waals surface area contributed by atoms with E-state index >= 15 is 8.78 Å². The number of phenols is 1. The van der Waals surface area contributed by atoms with Crippen molar-refractivity contribution < 1.29 is 36.5 Å². The molecule has 1 saturated carbocycles. The number of anilines is 1. The van der Waals surface area contributed by atoms with E-state index < -0.39 is 24.1 Å². The number of aromatic hydroxyl groups is 1. The molecule has 2 saturated heterocycles. The summed E-state index contributed by atoms with van der Waals surface area (Å²) in [5.41, 5.74) is 0.237. The number of nitrogens with zero attached hydrogens (tertiary/aromatic N) is 5. The molecule has 8 rings (SSSR count). The van der Waals surface area contributed by atoms with Crippen LogP contribution in [0, 0.1) is 29.4 Å². The summed E-state index contributed by atoms with van der Waals surface area (Å²) in [6, 6.07) is 5.73. The molecule has 3 fully saturated rings. The molecule has 52 heavy (non-hydrogen) atoms. The van der Waals surface area contributed by atoms with E-state index in [2.05, 4.69) is 32.8 Å². The van der Waals surface area contributed by atoms with E-state index in [0.717, 1.165) is 38.6 Å². The van der Waals surface area contributed by atoms with E-state index in [1.165, 1.54) is 24.3 Å². The van der Waals surface area contributed by atoms with Crippen molar-refractivity contribution in [1.82, 2.24) is 25.2 Å². The maximum atomic E-state index is 17.2. The normalized spacial score (nSPS) is 22.9. The van der Waals surface area contributed by atoms with Gasteiger partial charge in [-0.15, -0.1) is 19.6 Å². The highest BCUT2D eigenvalue weighted by atomic mass is 19.4. The van der Waals surface area contributed by atoms with Crippen molar-refractivity contribution in [2.24, 2.45) is 5.41 Å². The molecule has 5 heterocycles. The van der Waals surface area contributed by atoms with Gasteiger partial charge in [-0.1, -0.05) is 18.9 Å². The molecule has 1 aliphatic carbocycles. The Bertz CT molecular complexity index is 2080. The van der Waals surface area contributed by atoms with Gasteiger partial charge in [0.1, 0.15) is 28.6 Å². The van der Waals surface area contributed by atoms with E-state index in [9.17, 15) is 18.3 Å². The van der Waals surface area contributed by atoms with Crippen molar-refractivity contribution >= 4 is 27.5 Å². The van der Waals surface area contributed by atoms with Gasteiger partial charge in [-0.25, -0.2) is 13.8 Å². The molecule has 4 aromatic rings. The molecule has 0 bridgehead atoms. The predicted molar refractivity (Wildman–Crippen MR) is 185 cm³/mol. The number of halogens is 5. The Morgan fingerprint density at radius 1 is 1.10 bits per heavy atom. The fraction of sp³-hybridized carbons (Fsp3) is 0.500. The number of aromatic nitrogens is 3. The van der Waals surface area contributed by atoms with Gasteiger partial charge in [0.05, 0.1) is 29.4 Å². The highest BCUT2D eigenvalue weighted by molar-refractivity contribution is 6.03. The zero-order valence-electron chi connectivity index (χ0n) is 28.7. The Morgan fingerprint density at radius 2 is 1.92 bits per heavy atom. The second-order valence-electron chi connectivity index (χ2n) is 14.6. The van der Waals surface area contributed by atoms with E-state index in [0.29, 0.717) is 54.8 Å². The lowest BCUT2D eigenvalue weighted by Crippen LogP contribution is -2.57. The van der Waals surface area contributed by atoms with Gasteiger partial charge in [0, 0.05) is 61.2 Å². The van der Waals surface area contributed by atoms with Crippen molar-refractivity contribution in [1.29, 1.82) is 0 Å². The lowest BCUT2D eigenvalue weighted by Gasteiger charge is -2.42. The molecule has 2 aromatic heterocycles. The highest BCUT2D eigenvalue weighted by Gasteiger charge is 2.47. The summed E-state index contributed by atoms with van der Waals surface area (Å²) in [5.74, 6) is 1.33. The van der Waals surface area contributed by atoms with E-state index in [4.69, 9.17) is 21.1 Å². The van der Waals surface area contributed by atoms with Crippen LogP contribution in [0.1, 0.15) is 56.7 Å². The van der Waals surface area contributed by atoms with Crippen LogP contribution in [0.15, 0.2) is 24.3 Å². The molecule has 3 atom stereocenters. The molecular formula is C38H39F5N6O3. The van der Waals surface area contributed by atoms with Gasteiger partial charge in [-0.05, 0) is 68.5 Å². The second kappa shape index (κ2) is 13.3. The lowest BCUT2D eigenvalue weighted by molar-refractivity contribution is -0.340. The van der Waals surface area contributed by atoms with Crippen LogP contribution in [0.25, 0.3) is 32.9 Å². The van der Waals surface area contributed by atoms with Gasteiger partial charge in [-0.3, -0.25) is 9.64 Å². The van der Waals surface area contributed by atoms with Gasteiger partial charge in [-0.2, -0.15) is 9.97 Å². The largest absolute Gasteiger partial charge is 0.522 e. The highest BCUT2D eigenvalue weighted by Crippen LogP contribution is 2.48. The summed E-state index contributed by atoms with van der Waals surface area (Å²) in [5, 5.41) is 15.5. The number of piperazine rings is 1. The topological polar surface area (TPSA) is 95.9 Å². The number of alkyl halides is 3. The van der Waals surface area contributed by atoms with Crippen molar-refractivity contribution in [3.63, 3.8) is 0 Å². The van der Waals surface area contributed by atoms with Gasteiger partial charge in [0.2, 0.25) is 0 Å². The first kappa shape index (κ1) is 34.7. The third kappa shape index (κ3) is 6.58. The minimum Gasteiger partial charge on any atom is -0.508 e. The fourth-order valence-electron chi connectivity index (χ4n) is 8.19. The maximum absolute atomic E-state index is 17.2. The zero-order chi connectivity index (χ0) is 36.4. The summed E-state index contributed by atoms with van der Waals surface area (Å²) < 4.78 is 81.3. The monoisotopic (exact) mass is 722 g/mol. The quantitative estimate of drug-likeness (QED) is 0.157. The van der Waals surface area contributed by atoms with E-state index in [-0.39, 0.29) is 70.1 Å². The Labute approximate surface area is 297 Å². The number of aryl methyl sites for hydroxylation is 1. The van der Waals surface area contributed by atoms with Crippen LogP contribution in [0.5, 0.6) is 11.8 Å². The Morgan fingerprint density at radius 3 is 2.67 bits per heavy atom. The van der Waals surface area contributed by atoms with Crippen LogP contribution in [-0.4, -0.2) is 88.8 Å². The van der Waals surface area contributed by atoms with Crippen molar-refractivity contribution in [2.75, 3.05) is 44.2 Å². The number of terminal acetylenes is 1. The average Bonchev–Trinajstić information content (AvgIpc) is 3.74. The van der Waals surface area contributed by atoms with E-state index in [1.54, 1.807) is 0 Å². The van der Waals surface area contributed by atoms with Crippen molar-refractivity contribution in [2.45, 2.75) is 76.4 Å². The fourth-order valence-corrected chi connectivity index (χ4v) is 8.19. The minimum atomic E-state index is -4.68. The van der Waals surface area contributed by atoms with Gasteiger partial charge < -0.3 is 20.1 Å². The second-order valence-corrected chi connectivity index (χ2v) is 14.6. The Hall–Kier alpha value is -4.32. The zero-order valence-corrected chi connectivity index (χ0v) is 28.7. The Balaban J connectivity index is 1.21. The summed E-state index contributed by atoms with van der Waals surface area (Å²) in [4.78, 5) is 18.6. The van der Waals surface area contributed by atoms with Crippen LogP contribution >= 0.6 is 0 Å². The number of pyridine rings is 1. The first-order chi connectivity index (χ1) is 24.9. The van der Waals surface area contributed by atoms with Crippen LogP contribution in [0.4, 0.5) is 27.8 Å². The molecule has 0 unspecified atom stereocenters. The number of fused-ring (bicyclic) bond motifs is 3. The third-order valence-corrected chi connectivity index (χ3v) is 11.0. The summed E-state index contributed by atoms with van der Waals surface area (Å²) in [6.45, 7) is 4.88. The first-order valence-electron chi connectivity index (χ1n) is 17.9. The molecule has 4 aliphatic rings. The van der Waals surface area contributed by atoms with Gasteiger partial charge in [0.25, 0.3) is 0 Å². The number of hydrogen-bond acceptors (Lipinski definition) is 9. The smallest absolute Gasteiger partial charge is 0.508 e. The minimum absolute atomic E-state index is 0.00100. The number of phenolic OH excluding ortho intramolecular Hbond substituents is 1. The third-order valence-electron chi connectivity index (χ3n) is 11.0. The summed E-state index contributed by atoms with van der Waals surface area (Å²) in [7, 11) is 0. The number of ether oxygens (including phenoxy) is 2. The predicted octanol–water partition coefficient (Wildman–Crippen LogP) is 6.47. The Kier molecular flexibility index (Phi) is 8.87. The van der Waals surface area contributed by atoms with Crippen LogP contribution < -0.4 is 15.0 Å². The van der Waals surface area contributed by atoms with Gasteiger partial charge in [0.15, 0.2) is 5.82 Å². The molecule has 2 N–H and O–H groups in total. The molecule has 14 heteroatoms. The average molecular weight is 723 g/mol. The molecule has 0 amide bonds. The molecule has 9 nitrogen and oxygen atoms in total. The van der Waals surface area contributed by atoms with Crippen LogP contribution in [0.2, 0.25) is 0 Å². The molecule has 274 valence electrons. The standard InChI is InChI=1S/C38H39F5N6O3/c1-3-22-17-49-23(16-44-22)6-5-7-29-31-34(32(40)33(45-29)27-15-24(50)14-21-8-9-28(39)26(4-2)30(21)27)46-36(47-35(31)49)51-20-37(11-12-37)19-48-13-10-25(18-48)52-38(41,42)43/h2,8-9,14-15,22-23,25,44,50H,3,5-7,10-13,16-20H2,1H3/t22-,23-,25+/m1/s1. The van der Waals surface area contributed by atoms with Crippen LogP contribution in [0.3, 0.4) is 0 Å². The van der Waals surface area contributed by atoms with Gasteiger partial charge >= 0.3 is 12.4 Å². The van der Waals surface area contributed by atoms with Crippen LogP contribution in [-0.2, 0) is 11.2 Å². The molecular weight excluding hydrogens is 683 g/mol. The SMILES string of the molecule is C#Cc1c(F)ccc2cc(O)cc(-c3nc4c5c(nc(OCC6(CN7CC[C@H](OC(F)(F)F)C7)CC6)nc5c3F)N3C[C@@H](CC)NC[C@H]3CCC4)c12. The molecule has 2 aromatic carbocycles.